The van der Waals surface area contributed by atoms with Crippen LogP contribution in [-0.2, 0) is 15.7 Å². The number of amides is 1. The van der Waals surface area contributed by atoms with Gasteiger partial charge in [0.15, 0.2) is 6.10 Å². The Bertz CT molecular complexity index is 559. The quantitative estimate of drug-likeness (QED) is 0.902. The van der Waals surface area contributed by atoms with Crippen LogP contribution in [0.15, 0.2) is 24.3 Å². The van der Waals surface area contributed by atoms with Crippen LogP contribution >= 0.6 is 0 Å². The lowest BCUT2D eigenvalue weighted by molar-refractivity contribution is -0.154. The van der Waals surface area contributed by atoms with Gasteiger partial charge in [-0.05, 0) is 18.2 Å². The number of halogens is 3. The number of aliphatic carboxylic acids is 1. The number of benzene rings is 1. The van der Waals surface area contributed by atoms with Crippen molar-refractivity contribution in [2.45, 2.75) is 12.3 Å². The predicted molar refractivity (Wildman–Crippen MR) is 64.7 cm³/mol. The molecule has 2 rings (SSSR count). The van der Waals surface area contributed by atoms with E-state index in [4.69, 9.17) is 9.84 Å². The Balaban J connectivity index is 2.18. The first-order valence-electron chi connectivity index (χ1n) is 6.10. The molecule has 0 spiro atoms. The minimum absolute atomic E-state index is 0.0294. The van der Waals surface area contributed by atoms with E-state index >= 15 is 0 Å². The van der Waals surface area contributed by atoms with Crippen LogP contribution in [0.2, 0.25) is 0 Å². The number of ether oxygens (including phenoxy) is 1. The molecule has 0 radical (unpaired) electrons. The van der Waals surface area contributed by atoms with Crippen molar-refractivity contribution in [2.75, 3.05) is 19.7 Å². The molecule has 1 fully saturated rings. The van der Waals surface area contributed by atoms with Gasteiger partial charge in [-0.3, -0.25) is 4.79 Å². The number of nitrogens with zero attached hydrogens (tertiary/aromatic N) is 1. The summed E-state index contributed by atoms with van der Waals surface area (Å²) in [7, 11) is 0. The topological polar surface area (TPSA) is 66.8 Å². The Hall–Kier alpha value is -2.09. The Kier molecular flexibility index (Phi) is 4.17. The largest absolute Gasteiger partial charge is 0.479 e. The minimum atomic E-state index is -4.54. The summed E-state index contributed by atoms with van der Waals surface area (Å²) in [6.07, 6.45) is -5.70. The number of carboxylic acid groups (broad SMARTS) is 1. The molecule has 0 saturated carbocycles. The molecule has 5 nitrogen and oxygen atoms in total. The van der Waals surface area contributed by atoms with Crippen LogP contribution in [0.3, 0.4) is 0 Å². The molecule has 114 valence electrons. The van der Waals surface area contributed by atoms with Crippen LogP contribution in [0.4, 0.5) is 13.2 Å². The standard InChI is InChI=1S/C13H12F3NO4/c14-13(15,16)9-3-1-2-8(6-9)11(18)17-4-5-21-10(7-17)12(19)20/h1-3,6,10H,4-5,7H2,(H,19,20)/t10-/m1/s1. The van der Waals surface area contributed by atoms with Gasteiger partial charge in [-0.15, -0.1) is 0 Å². The molecule has 1 saturated heterocycles. The monoisotopic (exact) mass is 303 g/mol. The zero-order valence-corrected chi connectivity index (χ0v) is 10.8. The number of morpholine rings is 1. The maximum atomic E-state index is 12.6. The fourth-order valence-electron chi connectivity index (χ4n) is 1.99. The minimum Gasteiger partial charge on any atom is -0.479 e. The summed E-state index contributed by atoms with van der Waals surface area (Å²) in [6, 6.07) is 4.04. The predicted octanol–water partition coefficient (Wildman–Crippen LogP) is 1.63. The average molecular weight is 303 g/mol. The molecule has 1 aromatic rings. The van der Waals surface area contributed by atoms with Gasteiger partial charge in [0.2, 0.25) is 0 Å². The van der Waals surface area contributed by atoms with Gasteiger partial charge in [-0.2, -0.15) is 13.2 Å². The lowest BCUT2D eigenvalue weighted by Gasteiger charge is -2.31. The van der Waals surface area contributed by atoms with Crippen molar-refractivity contribution in [3.63, 3.8) is 0 Å². The molecule has 1 aliphatic heterocycles. The number of rotatable bonds is 2. The molecule has 1 N–H and O–H groups in total. The summed E-state index contributed by atoms with van der Waals surface area (Å²) in [5.74, 6) is -1.85. The molecule has 1 aromatic carbocycles. The third kappa shape index (κ3) is 3.52. The number of carbonyl (C=O) groups is 2. The number of hydrogen-bond donors (Lipinski definition) is 1. The molecule has 0 bridgehead atoms. The van der Waals surface area contributed by atoms with Gasteiger partial charge < -0.3 is 14.7 Å². The van der Waals surface area contributed by atoms with E-state index in [1.54, 1.807) is 0 Å². The summed E-state index contributed by atoms with van der Waals surface area (Å²) in [5.41, 5.74) is -1.05. The highest BCUT2D eigenvalue weighted by Crippen LogP contribution is 2.29. The first-order chi connectivity index (χ1) is 9.79. The first kappa shape index (κ1) is 15.3. The van der Waals surface area contributed by atoms with Gasteiger partial charge >= 0.3 is 12.1 Å². The average Bonchev–Trinajstić information content (AvgIpc) is 2.46. The maximum Gasteiger partial charge on any atom is 0.416 e. The number of carbonyl (C=O) groups excluding carboxylic acids is 1. The third-order valence-electron chi connectivity index (χ3n) is 3.07. The highest BCUT2D eigenvalue weighted by Gasteiger charge is 2.33. The number of alkyl halides is 3. The molecular formula is C13H12F3NO4. The fourth-order valence-corrected chi connectivity index (χ4v) is 1.99. The second kappa shape index (κ2) is 5.72. The van der Waals surface area contributed by atoms with Crippen LogP contribution < -0.4 is 0 Å². The fraction of sp³-hybridized carbons (Fsp3) is 0.385. The molecule has 1 atom stereocenters. The highest BCUT2D eigenvalue weighted by atomic mass is 19.4. The van der Waals surface area contributed by atoms with Gasteiger partial charge in [-0.1, -0.05) is 6.07 Å². The Morgan fingerprint density at radius 1 is 1.33 bits per heavy atom. The highest BCUT2D eigenvalue weighted by molar-refractivity contribution is 5.94. The van der Waals surface area contributed by atoms with Gasteiger partial charge in [0.1, 0.15) is 0 Å². The Morgan fingerprint density at radius 2 is 2.05 bits per heavy atom. The second-order valence-corrected chi connectivity index (χ2v) is 4.53. The summed E-state index contributed by atoms with van der Waals surface area (Å²) in [5, 5.41) is 8.85. The molecule has 0 aromatic heterocycles. The van der Waals surface area contributed by atoms with E-state index in [0.717, 1.165) is 18.2 Å². The molecule has 1 aliphatic rings. The van der Waals surface area contributed by atoms with E-state index in [2.05, 4.69) is 0 Å². The summed E-state index contributed by atoms with van der Waals surface area (Å²) >= 11 is 0. The summed E-state index contributed by atoms with van der Waals surface area (Å²) < 4.78 is 42.8. The van der Waals surface area contributed by atoms with E-state index in [1.807, 2.05) is 0 Å². The first-order valence-corrected chi connectivity index (χ1v) is 6.10. The lowest BCUT2D eigenvalue weighted by atomic mass is 10.1. The van der Waals surface area contributed by atoms with Crippen LogP contribution in [0.25, 0.3) is 0 Å². The third-order valence-corrected chi connectivity index (χ3v) is 3.07. The molecule has 1 amide bonds. The van der Waals surface area contributed by atoms with Crippen LogP contribution in [0, 0.1) is 0 Å². The maximum absolute atomic E-state index is 12.6. The molecule has 1 heterocycles. The van der Waals surface area contributed by atoms with Crippen molar-refractivity contribution in [3.05, 3.63) is 35.4 Å². The number of carboxylic acids is 1. The van der Waals surface area contributed by atoms with Gasteiger partial charge in [0.25, 0.3) is 5.91 Å². The van der Waals surface area contributed by atoms with Crippen molar-refractivity contribution in [1.29, 1.82) is 0 Å². The second-order valence-electron chi connectivity index (χ2n) is 4.53. The SMILES string of the molecule is O=C(O)[C@H]1CN(C(=O)c2cccc(C(F)(F)F)c2)CCO1. The molecule has 21 heavy (non-hydrogen) atoms. The van der Waals surface area contributed by atoms with Crippen molar-refractivity contribution in [3.8, 4) is 0 Å². The lowest BCUT2D eigenvalue weighted by Crippen LogP contribution is -2.48. The van der Waals surface area contributed by atoms with Gasteiger partial charge in [0, 0.05) is 12.1 Å². The van der Waals surface area contributed by atoms with E-state index in [0.29, 0.717) is 0 Å². The zero-order chi connectivity index (χ0) is 15.6. The number of hydrogen-bond acceptors (Lipinski definition) is 3. The molecule has 8 heteroatoms. The van der Waals surface area contributed by atoms with Crippen molar-refractivity contribution >= 4 is 11.9 Å². The van der Waals surface area contributed by atoms with Crippen LogP contribution in [0.1, 0.15) is 15.9 Å². The molecular weight excluding hydrogens is 291 g/mol. The smallest absolute Gasteiger partial charge is 0.416 e. The van der Waals surface area contributed by atoms with E-state index in [1.165, 1.54) is 11.0 Å². The normalized spacial score (nSPS) is 19.4. The van der Waals surface area contributed by atoms with E-state index < -0.39 is 29.7 Å². The van der Waals surface area contributed by atoms with Crippen molar-refractivity contribution in [2.24, 2.45) is 0 Å². The zero-order valence-electron chi connectivity index (χ0n) is 10.8. The summed E-state index contributed by atoms with van der Waals surface area (Å²) in [6.45, 7) is -0.0229. The van der Waals surface area contributed by atoms with E-state index in [9.17, 15) is 22.8 Å². The van der Waals surface area contributed by atoms with Gasteiger partial charge in [-0.25, -0.2) is 4.79 Å². The van der Waals surface area contributed by atoms with Crippen molar-refractivity contribution < 1.29 is 32.6 Å². The van der Waals surface area contributed by atoms with Crippen LogP contribution in [0.5, 0.6) is 0 Å². The van der Waals surface area contributed by atoms with Crippen LogP contribution in [-0.4, -0.2) is 47.7 Å². The molecule has 0 unspecified atom stereocenters. The Labute approximate surface area is 117 Å². The van der Waals surface area contributed by atoms with Crippen molar-refractivity contribution in [1.82, 2.24) is 4.90 Å². The summed E-state index contributed by atoms with van der Waals surface area (Å²) in [4.78, 5) is 24.2. The molecule has 0 aliphatic carbocycles. The van der Waals surface area contributed by atoms with Gasteiger partial charge in [0.05, 0.1) is 18.7 Å². The Morgan fingerprint density at radius 3 is 2.67 bits per heavy atom. The van der Waals surface area contributed by atoms with E-state index in [-0.39, 0.29) is 25.3 Å².